The number of halogens is 1. The van der Waals surface area contributed by atoms with Gasteiger partial charge in [-0.15, -0.1) is 12.4 Å². The van der Waals surface area contributed by atoms with E-state index in [1.807, 2.05) is 14.0 Å². The van der Waals surface area contributed by atoms with Gasteiger partial charge in [-0.3, -0.25) is 0 Å². The van der Waals surface area contributed by atoms with Crippen LogP contribution >= 0.6 is 12.4 Å². The molecular formula is C12H23ClN4O2S. The summed E-state index contributed by atoms with van der Waals surface area (Å²) in [4.78, 5) is 4.17. The number of hydrogen-bond donors (Lipinski definition) is 1. The molecule has 1 aliphatic heterocycles. The van der Waals surface area contributed by atoms with Crippen LogP contribution in [0.4, 0.5) is 0 Å². The highest BCUT2D eigenvalue weighted by atomic mass is 35.5. The first-order valence-corrected chi connectivity index (χ1v) is 8.13. The smallest absolute Gasteiger partial charge is 0.262 e. The molecule has 1 aromatic rings. The molecule has 0 spiro atoms. The van der Waals surface area contributed by atoms with E-state index >= 15 is 0 Å². The summed E-state index contributed by atoms with van der Waals surface area (Å²) in [6.45, 7) is 5.95. The highest BCUT2D eigenvalue weighted by molar-refractivity contribution is 7.89. The second-order valence-electron chi connectivity index (χ2n) is 5.00. The standard InChI is InChI=1S/C12H22N4O2S.ClH/c1-4-7-16(11-5-6-13-8-11)19(17,18)12-9-15(3)10(2)14-12;/h9,11,13H,4-8H2,1-3H3;1H. The van der Waals surface area contributed by atoms with Crippen molar-refractivity contribution in [1.82, 2.24) is 19.2 Å². The second-order valence-corrected chi connectivity index (χ2v) is 6.84. The van der Waals surface area contributed by atoms with Crippen LogP contribution in [0.3, 0.4) is 0 Å². The molecule has 2 heterocycles. The van der Waals surface area contributed by atoms with Crippen molar-refractivity contribution in [2.45, 2.75) is 37.8 Å². The van der Waals surface area contributed by atoms with E-state index in [-0.39, 0.29) is 23.5 Å². The lowest BCUT2D eigenvalue weighted by molar-refractivity contribution is 0.334. The van der Waals surface area contributed by atoms with Crippen molar-refractivity contribution in [1.29, 1.82) is 0 Å². The van der Waals surface area contributed by atoms with Crippen LogP contribution in [0.1, 0.15) is 25.6 Å². The fourth-order valence-corrected chi connectivity index (χ4v) is 4.15. The van der Waals surface area contributed by atoms with Gasteiger partial charge in [-0.1, -0.05) is 6.92 Å². The molecule has 1 fully saturated rings. The van der Waals surface area contributed by atoms with Crippen LogP contribution < -0.4 is 5.32 Å². The Balaban J connectivity index is 0.00000200. The number of sulfonamides is 1. The SMILES string of the molecule is CCCN(C1CCNC1)S(=O)(=O)c1cn(C)c(C)n1.Cl. The van der Waals surface area contributed by atoms with Crippen molar-refractivity contribution in [2.75, 3.05) is 19.6 Å². The fourth-order valence-electron chi connectivity index (χ4n) is 2.38. The molecule has 8 heteroatoms. The summed E-state index contributed by atoms with van der Waals surface area (Å²) >= 11 is 0. The predicted octanol–water partition coefficient (Wildman–Crippen LogP) is 0.913. The van der Waals surface area contributed by atoms with E-state index in [0.717, 1.165) is 25.9 Å². The molecule has 0 bridgehead atoms. The summed E-state index contributed by atoms with van der Waals surface area (Å²) in [5, 5.41) is 3.38. The maximum atomic E-state index is 12.7. The Labute approximate surface area is 127 Å². The quantitative estimate of drug-likeness (QED) is 0.875. The van der Waals surface area contributed by atoms with Gasteiger partial charge in [-0.2, -0.15) is 4.31 Å². The highest BCUT2D eigenvalue weighted by Gasteiger charge is 2.34. The minimum atomic E-state index is -3.49. The molecule has 0 radical (unpaired) electrons. The van der Waals surface area contributed by atoms with Crippen molar-refractivity contribution in [3.05, 3.63) is 12.0 Å². The Hall–Kier alpha value is -0.630. The van der Waals surface area contributed by atoms with Crippen molar-refractivity contribution in [3.8, 4) is 0 Å². The number of aryl methyl sites for hydroxylation is 2. The van der Waals surface area contributed by atoms with Crippen molar-refractivity contribution < 1.29 is 8.42 Å². The zero-order chi connectivity index (χ0) is 14.0. The summed E-state index contributed by atoms with van der Waals surface area (Å²) in [6, 6.07) is 0.0484. The van der Waals surface area contributed by atoms with Crippen LogP contribution in [-0.2, 0) is 17.1 Å². The van der Waals surface area contributed by atoms with E-state index in [0.29, 0.717) is 12.4 Å². The number of nitrogens with one attached hydrogen (secondary N) is 1. The Bertz CT molecular complexity index is 518. The van der Waals surface area contributed by atoms with Gasteiger partial charge in [-0.25, -0.2) is 13.4 Å². The molecule has 0 aromatic carbocycles. The first-order valence-electron chi connectivity index (χ1n) is 6.69. The van der Waals surface area contributed by atoms with E-state index in [1.54, 1.807) is 22.0 Å². The van der Waals surface area contributed by atoms with Gasteiger partial charge in [0.15, 0.2) is 5.03 Å². The first kappa shape index (κ1) is 17.4. The van der Waals surface area contributed by atoms with Crippen LogP contribution in [0, 0.1) is 6.92 Å². The molecule has 1 aliphatic rings. The van der Waals surface area contributed by atoms with E-state index in [1.165, 1.54) is 0 Å². The Morgan fingerprint density at radius 1 is 1.55 bits per heavy atom. The Kier molecular flexibility index (Phi) is 6.00. The molecule has 1 N–H and O–H groups in total. The summed E-state index contributed by atoms with van der Waals surface area (Å²) in [5.74, 6) is 0.708. The zero-order valence-corrected chi connectivity index (χ0v) is 13.8. The van der Waals surface area contributed by atoms with Crippen LogP contribution in [0.25, 0.3) is 0 Å². The monoisotopic (exact) mass is 322 g/mol. The fraction of sp³-hybridized carbons (Fsp3) is 0.750. The Morgan fingerprint density at radius 3 is 2.70 bits per heavy atom. The predicted molar refractivity (Wildman–Crippen MR) is 80.7 cm³/mol. The van der Waals surface area contributed by atoms with E-state index in [4.69, 9.17) is 0 Å². The van der Waals surface area contributed by atoms with E-state index < -0.39 is 10.0 Å². The topological polar surface area (TPSA) is 67.2 Å². The molecule has 20 heavy (non-hydrogen) atoms. The number of hydrogen-bond acceptors (Lipinski definition) is 4. The number of nitrogens with zero attached hydrogens (tertiary/aromatic N) is 3. The molecule has 1 saturated heterocycles. The third-order valence-electron chi connectivity index (χ3n) is 3.55. The number of aromatic nitrogens is 2. The molecule has 1 unspecified atom stereocenters. The van der Waals surface area contributed by atoms with Crippen LogP contribution in [-0.4, -0.2) is 48.0 Å². The van der Waals surface area contributed by atoms with Gasteiger partial charge in [0, 0.05) is 32.4 Å². The van der Waals surface area contributed by atoms with Crippen molar-refractivity contribution in [3.63, 3.8) is 0 Å². The van der Waals surface area contributed by atoms with Crippen LogP contribution in [0.15, 0.2) is 11.2 Å². The molecule has 116 valence electrons. The summed E-state index contributed by atoms with van der Waals surface area (Å²) in [7, 11) is -1.68. The molecule has 0 amide bonds. The maximum Gasteiger partial charge on any atom is 0.262 e. The van der Waals surface area contributed by atoms with Gasteiger partial charge < -0.3 is 9.88 Å². The first-order chi connectivity index (χ1) is 8.96. The van der Waals surface area contributed by atoms with Gasteiger partial charge >= 0.3 is 0 Å². The third kappa shape index (κ3) is 3.33. The van der Waals surface area contributed by atoms with Crippen molar-refractivity contribution in [2.24, 2.45) is 7.05 Å². The average Bonchev–Trinajstić information content (AvgIpc) is 2.97. The summed E-state index contributed by atoms with van der Waals surface area (Å²) < 4.78 is 28.7. The Morgan fingerprint density at radius 2 is 2.25 bits per heavy atom. The molecule has 6 nitrogen and oxygen atoms in total. The second kappa shape index (κ2) is 6.89. The molecule has 1 atom stereocenters. The summed E-state index contributed by atoms with van der Waals surface area (Å²) in [6.07, 6.45) is 3.27. The molecule has 2 rings (SSSR count). The normalized spacial score (nSPS) is 19.3. The highest BCUT2D eigenvalue weighted by Crippen LogP contribution is 2.20. The van der Waals surface area contributed by atoms with Crippen molar-refractivity contribution >= 4 is 22.4 Å². The van der Waals surface area contributed by atoms with E-state index in [9.17, 15) is 8.42 Å². The minimum absolute atomic E-state index is 0. The largest absolute Gasteiger partial charge is 0.337 e. The lowest BCUT2D eigenvalue weighted by Crippen LogP contribution is -2.42. The summed E-state index contributed by atoms with van der Waals surface area (Å²) in [5.41, 5.74) is 0. The lowest BCUT2D eigenvalue weighted by Gasteiger charge is -2.26. The van der Waals surface area contributed by atoms with Crippen LogP contribution in [0.5, 0.6) is 0 Å². The van der Waals surface area contributed by atoms with Gasteiger partial charge in [-0.05, 0) is 26.3 Å². The molecule has 1 aromatic heterocycles. The lowest BCUT2D eigenvalue weighted by atomic mass is 10.2. The molecule has 0 aliphatic carbocycles. The van der Waals surface area contributed by atoms with Gasteiger partial charge in [0.1, 0.15) is 5.82 Å². The third-order valence-corrected chi connectivity index (χ3v) is 5.37. The van der Waals surface area contributed by atoms with E-state index in [2.05, 4.69) is 10.3 Å². The van der Waals surface area contributed by atoms with Gasteiger partial charge in [0.05, 0.1) is 0 Å². The zero-order valence-electron chi connectivity index (χ0n) is 12.2. The van der Waals surface area contributed by atoms with Gasteiger partial charge in [0.25, 0.3) is 10.0 Å². The minimum Gasteiger partial charge on any atom is -0.337 e. The van der Waals surface area contributed by atoms with Crippen LogP contribution in [0.2, 0.25) is 0 Å². The van der Waals surface area contributed by atoms with Gasteiger partial charge in [0.2, 0.25) is 0 Å². The number of rotatable bonds is 5. The molecule has 0 saturated carbocycles. The average molecular weight is 323 g/mol. The molecular weight excluding hydrogens is 300 g/mol. The maximum absolute atomic E-state index is 12.7. The number of imidazole rings is 1.